The van der Waals surface area contributed by atoms with E-state index in [2.05, 4.69) is 20.9 Å². The molecule has 3 N–H and O–H groups in total. The predicted molar refractivity (Wildman–Crippen MR) is 194 cm³/mol. The van der Waals surface area contributed by atoms with Gasteiger partial charge in [0, 0.05) is 60.4 Å². The fraction of sp³-hybridized carbons (Fsp3) is 0.375. The van der Waals surface area contributed by atoms with Crippen molar-refractivity contribution in [1.82, 2.24) is 20.4 Å². The van der Waals surface area contributed by atoms with Gasteiger partial charge < -0.3 is 25.2 Å². The highest BCUT2D eigenvalue weighted by Crippen LogP contribution is 2.37. The Hall–Kier alpha value is -5.85. The highest BCUT2D eigenvalue weighted by Gasteiger charge is 2.44. The molecule has 0 bridgehead atoms. The summed E-state index contributed by atoms with van der Waals surface area (Å²) in [5.74, 6) is -1.30. The molecule has 0 radical (unpaired) electrons. The summed E-state index contributed by atoms with van der Waals surface area (Å²) < 4.78 is 6.24. The molecule has 4 aliphatic rings. The molecule has 1 saturated heterocycles. The average Bonchev–Trinajstić information content (AvgIpc) is 3.72. The van der Waals surface area contributed by atoms with Gasteiger partial charge in [-0.15, -0.1) is 0 Å². The third-order valence-electron chi connectivity index (χ3n) is 10.2. The summed E-state index contributed by atoms with van der Waals surface area (Å²) in [4.78, 5) is 84.1. The number of unbranched alkanes of at least 4 members (excludes halogenated alkanes) is 4. The minimum Gasteiger partial charge on any atom is -0.466 e. The molecule has 13 heteroatoms. The number of nitrogens with zero attached hydrogens (tertiary/aromatic N) is 3. The maximum atomic E-state index is 13.7. The number of aliphatic imine (C=N–C) groups is 1. The summed E-state index contributed by atoms with van der Waals surface area (Å²) >= 11 is 0. The van der Waals surface area contributed by atoms with Gasteiger partial charge in [-0.2, -0.15) is 0 Å². The predicted octanol–water partition coefficient (Wildman–Crippen LogP) is 3.77. The Labute approximate surface area is 307 Å². The average molecular weight is 719 g/mol. The molecule has 1 fully saturated rings. The Bertz CT molecular complexity index is 1960. The topological polar surface area (TPSA) is 167 Å². The zero-order valence-corrected chi connectivity index (χ0v) is 29.3. The van der Waals surface area contributed by atoms with E-state index in [0.717, 1.165) is 42.4 Å². The van der Waals surface area contributed by atoms with Gasteiger partial charge in [-0.05, 0) is 49.1 Å². The van der Waals surface area contributed by atoms with E-state index in [1.54, 1.807) is 23.1 Å². The van der Waals surface area contributed by atoms with Crippen LogP contribution in [-0.4, -0.2) is 76.3 Å². The van der Waals surface area contributed by atoms with E-state index >= 15 is 0 Å². The lowest BCUT2D eigenvalue weighted by Crippen LogP contribution is -2.52. The van der Waals surface area contributed by atoms with Crippen LogP contribution in [0.1, 0.15) is 90.1 Å². The van der Waals surface area contributed by atoms with Gasteiger partial charge in [0.15, 0.2) is 12.1 Å². The van der Waals surface area contributed by atoms with Crippen LogP contribution in [0.5, 0.6) is 0 Å². The number of anilines is 1. The first-order valence-electron chi connectivity index (χ1n) is 18.3. The molecule has 4 aliphatic heterocycles. The monoisotopic (exact) mass is 718 g/mol. The van der Waals surface area contributed by atoms with Gasteiger partial charge in [-0.25, -0.2) is 4.99 Å². The van der Waals surface area contributed by atoms with Crippen molar-refractivity contribution in [3.05, 3.63) is 101 Å². The van der Waals surface area contributed by atoms with Gasteiger partial charge in [0.2, 0.25) is 29.5 Å². The fourth-order valence-electron chi connectivity index (χ4n) is 7.42. The summed E-state index contributed by atoms with van der Waals surface area (Å²) in [6, 6.07) is 20.9. The first-order valence-corrected chi connectivity index (χ1v) is 18.3. The molecule has 7 rings (SSSR count). The number of piperidine rings is 1. The maximum absolute atomic E-state index is 13.7. The van der Waals surface area contributed by atoms with Crippen LogP contribution in [0.15, 0.2) is 77.8 Å². The number of hydrogen-bond acceptors (Lipinski definition) is 8. The van der Waals surface area contributed by atoms with Crippen molar-refractivity contribution in [2.24, 2.45) is 4.99 Å². The normalized spacial score (nSPS) is 20.5. The molecule has 3 unspecified atom stereocenters. The third-order valence-corrected chi connectivity index (χ3v) is 10.2. The number of rotatable bonds is 13. The van der Waals surface area contributed by atoms with Crippen LogP contribution in [-0.2, 0) is 41.8 Å². The number of ether oxygens (including phenoxy) is 1. The quantitative estimate of drug-likeness (QED) is 0.179. The van der Waals surface area contributed by atoms with Crippen molar-refractivity contribution in [2.45, 2.75) is 82.6 Å². The lowest BCUT2D eigenvalue weighted by Gasteiger charge is -2.29. The molecule has 4 heterocycles. The van der Waals surface area contributed by atoms with Gasteiger partial charge in [-0.1, -0.05) is 67.8 Å². The highest BCUT2D eigenvalue weighted by atomic mass is 16.5. The zero-order chi connectivity index (χ0) is 36.9. The second-order valence-corrected chi connectivity index (χ2v) is 13.8. The molecule has 0 spiro atoms. The molecular formula is C40H42N6O7. The molecule has 0 aliphatic carbocycles. The van der Waals surface area contributed by atoms with E-state index in [9.17, 15) is 28.8 Å². The zero-order valence-electron chi connectivity index (χ0n) is 29.3. The maximum Gasteiger partial charge on any atom is 0.255 e. The van der Waals surface area contributed by atoms with Gasteiger partial charge in [0.05, 0.1) is 6.54 Å². The van der Waals surface area contributed by atoms with Crippen molar-refractivity contribution < 1.29 is 33.5 Å². The first-order chi connectivity index (χ1) is 25.8. The number of fused-ring (bicyclic) bond motifs is 4. The summed E-state index contributed by atoms with van der Waals surface area (Å²) in [6.45, 7) is 0.899. The highest BCUT2D eigenvalue weighted by molar-refractivity contribution is 6.07. The van der Waals surface area contributed by atoms with Crippen molar-refractivity contribution in [2.75, 3.05) is 18.4 Å². The van der Waals surface area contributed by atoms with Crippen molar-refractivity contribution in [1.29, 1.82) is 0 Å². The van der Waals surface area contributed by atoms with Gasteiger partial charge in [0.25, 0.3) is 11.8 Å². The molecule has 0 aromatic heterocycles. The number of benzene rings is 3. The van der Waals surface area contributed by atoms with E-state index in [1.165, 1.54) is 4.90 Å². The Morgan fingerprint density at radius 1 is 0.849 bits per heavy atom. The number of carbonyl (C=O) groups excluding carboxylic acids is 6. The second kappa shape index (κ2) is 15.8. The molecule has 3 atom stereocenters. The van der Waals surface area contributed by atoms with Crippen LogP contribution in [0.4, 0.5) is 5.69 Å². The largest absolute Gasteiger partial charge is 0.466 e. The summed E-state index contributed by atoms with van der Waals surface area (Å²) in [5.41, 5.74) is 4.31. The summed E-state index contributed by atoms with van der Waals surface area (Å²) in [5, 5.41) is 8.19. The van der Waals surface area contributed by atoms with Crippen LogP contribution < -0.4 is 16.0 Å². The van der Waals surface area contributed by atoms with Crippen LogP contribution in [0.3, 0.4) is 0 Å². The molecule has 53 heavy (non-hydrogen) atoms. The van der Waals surface area contributed by atoms with Crippen LogP contribution in [0.2, 0.25) is 0 Å². The second-order valence-electron chi connectivity index (χ2n) is 13.8. The summed E-state index contributed by atoms with van der Waals surface area (Å²) in [6.07, 6.45) is 4.30. The molecule has 6 amide bonds. The lowest BCUT2D eigenvalue weighted by atomic mass is 9.99. The number of carbonyl (C=O) groups is 6. The van der Waals surface area contributed by atoms with Crippen molar-refractivity contribution in [3.63, 3.8) is 0 Å². The van der Waals surface area contributed by atoms with E-state index in [4.69, 9.17) is 4.74 Å². The minimum atomic E-state index is -0.767. The number of imide groups is 1. The standard InChI is InChI=1S/C40H42N6O7/c47-32(42-30-17-11-16-28-29(30)23-46(39(28)51)31-19-20-33(48)43-37(31)50)18-7-2-1-3-10-21-41-34(49)24-45-22-26-14-8-9-15-27(26)36-35(40(45)52)44-38(53-36)25-12-5-4-6-13-25/h4-6,8-9,11-17,31,35-36H,1-3,7,10,18-24H2,(H,41,49)(H,42,47)(H,43,48,50). The van der Waals surface area contributed by atoms with Crippen molar-refractivity contribution >= 4 is 47.0 Å². The molecule has 13 nitrogen and oxygen atoms in total. The molecule has 0 saturated carbocycles. The van der Waals surface area contributed by atoms with E-state index in [-0.39, 0.29) is 55.5 Å². The molecule has 3 aromatic rings. The number of nitrogens with one attached hydrogen (secondary N) is 3. The Balaban J connectivity index is 0.820. The smallest absolute Gasteiger partial charge is 0.255 e. The molecule has 274 valence electrons. The fourth-order valence-corrected chi connectivity index (χ4v) is 7.42. The van der Waals surface area contributed by atoms with Crippen LogP contribution in [0.25, 0.3) is 0 Å². The van der Waals surface area contributed by atoms with E-state index < -0.39 is 24.1 Å². The SMILES string of the molecule is O=C(CN1Cc2ccccc2C2OC(c3ccccc3)=NC2C1=O)NCCCCCCCC(=O)Nc1cccc2c1CN(C1CCC(=O)NC1=O)C2=O. The first kappa shape index (κ1) is 35.5. The van der Waals surface area contributed by atoms with E-state index in [0.29, 0.717) is 48.6 Å². The van der Waals surface area contributed by atoms with Gasteiger partial charge >= 0.3 is 0 Å². The Morgan fingerprint density at radius 3 is 2.45 bits per heavy atom. The van der Waals surface area contributed by atoms with Crippen LogP contribution >= 0.6 is 0 Å². The molecule has 3 aromatic carbocycles. The number of amides is 6. The van der Waals surface area contributed by atoms with E-state index in [1.807, 2.05) is 54.6 Å². The van der Waals surface area contributed by atoms with Gasteiger partial charge in [-0.3, -0.25) is 34.1 Å². The minimum absolute atomic E-state index is 0.0740. The number of hydrogen-bond donors (Lipinski definition) is 3. The lowest BCUT2D eigenvalue weighted by molar-refractivity contribution is -0.138. The third kappa shape index (κ3) is 7.84. The van der Waals surface area contributed by atoms with Crippen LogP contribution in [0, 0.1) is 0 Å². The Kier molecular flexibility index (Phi) is 10.6. The Morgan fingerprint density at radius 2 is 1.62 bits per heavy atom. The molecular weight excluding hydrogens is 676 g/mol. The van der Waals surface area contributed by atoms with Crippen molar-refractivity contribution in [3.8, 4) is 0 Å². The van der Waals surface area contributed by atoms with Gasteiger partial charge in [0.1, 0.15) is 6.04 Å². The summed E-state index contributed by atoms with van der Waals surface area (Å²) in [7, 11) is 0.